The third-order valence-electron chi connectivity index (χ3n) is 3.56. The van der Waals surface area contributed by atoms with E-state index in [-0.39, 0.29) is 23.2 Å². The lowest BCUT2D eigenvalue weighted by atomic mass is 10.3. The summed E-state index contributed by atoms with van der Waals surface area (Å²) in [6, 6.07) is 13.4. The van der Waals surface area contributed by atoms with E-state index < -0.39 is 5.91 Å². The van der Waals surface area contributed by atoms with Gasteiger partial charge in [-0.3, -0.25) is 14.2 Å². The smallest absolute Gasteiger partial charge is 0.234 e. The van der Waals surface area contributed by atoms with Gasteiger partial charge in [-0.1, -0.05) is 30.0 Å². The van der Waals surface area contributed by atoms with E-state index in [2.05, 4.69) is 10.3 Å². The predicted octanol–water partition coefficient (Wildman–Crippen LogP) is 3.32. The molecule has 0 spiro atoms. The van der Waals surface area contributed by atoms with Gasteiger partial charge >= 0.3 is 0 Å². The minimum Gasteiger partial charge on any atom is -0.369 e. The van der Waals surface area contributed by atoms with Crippen molar-refractivity contribution in [3.63, 3.8) is 0 Å². The number of nitrogens with zero attached hydrogens (tertiary/aromatic N) is 2. The first-order chi connectivity index (χ1) is 13.5. The minimum atomic E-state index is -0.425. The van der Waals surface area contributed by atoms with Crippen LogP contribution in [0.25, 0.3) is 5.69 Å². The monoisotopic (exact) mass is 416 g/mol. The van der Waals surface area contributed by atoms with Crippen LogP contribution in [0.5, 0.6) is 0 Å². The molecule has 1 aromatic heterocycles. The molecule has 9 heteroatoms. The Morgan fingerprint density at radius 2 is 1.93 bits per heavy atom. The summed E-state index contributed by atoms with van der Waals surface area (Å²) >= 11 is 2.51. The van der Waals surface area contributed by atoms with Gasteiger partial charge in [-0.25, -0.2) is 9.37 Å². The van der Waals surface area contributed by atoms with Gasteiger partial charge in [0, 0.05) is 17.3 Å². The van der Waals surface area contributed by atoms with E-state index in [1.54, 1.807) is 41.2 Å². The van der Waals surface area contributed by atoms with Crippen LogP contribution in [0, 0.1) is 5.82 Å². The molecule has 6 nitrogen and oxygen atoms in total. The molecule has 0 aliphatic rings. The van der Waals surface area contributed by atoms with Gasteiger partial charge in [0.25, 0.3) is 0 Å². The molecule has 0 radical (unpaired) electrons. The second-order valence-corrected chi connectivity index (χ2v) is 7.61. The highest BCUT2D eigenvalue weighted by atomic mass is 32.2. The van der Waals surface area contributed by atoms with Crippen molar-refractivity contribution in [1.29, 1.82) is 0 Å². The molecule has 0 fully saturated rings. The number of carbonyl (C=O) groups excluding carboxylic acids is 2. The highest BCUT2D eigenvalue weighted by Crippen LogP contribution is 2.27. The van der Waals surface area contributed by atoms with Gasteiger partial charge in [-0.05, 0) is 30.3 Å². The molecule has 3 aromatic rings. The normalized spacial score (nSPS) is 10.6. The van der Waals surface area contributed by atoms with E-state index in [1.165, 1.54) is 35.7 Å². The number of nitrogens with two attached hydrogens (primary N) is 1. The average molecular weight is 417 g/mol. The molecule has 0 saturated carbocycles. The van der Waals surface area contributed by atoms with Gasteiger partial charge in [-0.2, -0.15) is 0 Å². The molecule has 2 aromatic carbocycles. The Morgan fingerprint density at radius 3 is 2.71 bits per heavy atom. The zero-order chi connectivity index (χ0) is 19.9. The van der Waals surface area contributed by atoms with Crippen LogP contribution in [-0.4, -0.2) is 32.9 Å². The summed E-state index contributed by atoms with van der Waals surface area (Å²) in [7, 11) is 0. The van der Waals surface area contributed by atoms with Crippen molar-refractivity contribution in [1.82, 2.24) is 9.55 Å². The molecule has 2 amide bonds. The summed E-state index contributed by atoms with van der Waals surface area (Å²) in [6.07, 6.45) is 3.31. The third kappa shape index (κ3) is 5.37. The Kier molecular flexibility index (Phi) is 6.72. The van der Waals surface area contributed by atoms with E-state index in [1.807, 2.05) is 12.1 Å². The number of nitrogens with one attached hydrogen (secondary N) is 1. The Bertz CT molecular complexity index is 993. The van der Waals surface area contributed by atoms with E-state index in [4.69, 9.17) is 5.73 Å². The fourth-order valence-electron chi connectivity index (χ4n) is 2.38. The van der Waals surface area contributed by atoms with E-state index in [9.17, 15) is 14.0 Å². The second kappa shape index (κ2) is 9.43. The zero-order valence-electron chi connectivity index (χ0n) is 14.7. The second-order valence-electron chi connectivity index (χ2n) is 5.65. The number of anilines is 1. The third-order valence-corrected chi connectivity index (χ3v) is 5.62. The van der Waals surface area contributed by atoms with Crippen molar-refractivity contribution in [2.24, 2.45) is 5.73 Å². The Labute approximate surface area is 169 Å². The number of imidazole rings is 1. The summed E-state index contributed by atoms with van der Waals surface area (Å²) in [6.45, 7) is 0. The predicted molar refractivity (Wildman–Crippen MR) is 109 cm³/mol. The molecule has 0 bridgehead atoms. The fourth-order valence-corrected chi connectivity index (χ4v) is 3.90. The molecule has 0 saturated heterocycles. The first kappa shape index (κ1) is 20.0. The van der Waals surface area contributed by atoms with Gasteiger partial charge in [0.15, 0.2) is 5.16 Å². The van der Waals surface area contributed by atoms with Gasteiger partial charge < -0.3 is 11.1 Å². The highest BCUT2D eigenvalue weighted by molar-refractivity contribution is 8.00. The van der Waals surface area contributed by atoms with Crippen LogP contribution in [0.2, 0.25) is 0 Å². The number of primary amides is 1. The number of benzene rings is 2. The Hall–Kier alpha value is -2.78. The standard InChI is InChI=1S/C19H17FN4O2S2/c20-13-4-3-5-14(10-13)24-9-8-22-19(24)28-12-18(26)23-15-6-1-2-7-16(15)27-11-17(21)25/h1-10H,11-12H2,(H2,21,25)(H,23,26). The first-order valence-corrected chi connectivity index (χ1v) is 10.2. The van der Waals surface area contributed by atoms with Crippen molar-refractivity contribution in [3.05, 3.63) is 66.7 Å². The quantitative estimate of drug-likeness (QED) is 0.550. The summed E-state index contributed by atoms with van der Waals surface area (Å²) in [5.41, 5.74) is 6.43. The maximum absolute atomic E-state index is 13.5. The largest absolute Gasteiger partial charge is 0.369 e. The number of para-hydroxylation sites is 1. The zero-order valence-corrected chi connectivity index (χ0v) is 16.3. The molecule has 0 atom stereocenters. The van der Waals surface area contributed by atoms with Gasteiger partial charge in [0.2, 0.25) is 11.8 Å². The Balaban J connectivity index is 1.63. The van der Waals surface area contributed by atoms with E-state index >= 15 is 0 Å². The number of thioether (sulfide) groups is 2. The fraction of sp³-hybridized carbons (Fsp3) is 0.105. The molecular formula is C19H17FN4O2S2. The van der Waals surface area contributed by atoms with Crippen molar-refractivity contribution in [3.8, 4) is 5.69 Å². The van der Waals surface area contributed by atoms with Crippen molar-refractivity contribution >= 4 is 41.0 Å². The molecule has 0 aliphatic carbocycles. The van der Waals surface area contributed by atoms with Crippen molar-refractivity contribution < 1.29 is 14.0 Å². The number of halogens is 1. The van der Waals surface area contributed by atoms with Gasteiger partial charge in [0.1, 0.15) is 5.82 Å². The first-order valence-electron chi connectivity index (χ1n) is 8.25. The minimum absolute atomic E-state index is 0.126. The van der Waals surface area contributed by atoms with Crippen LogP contribution >= 0.6 is 23.5 Å². The number of hydrogen-bond donors (Lipinski definition) is 2. The average Bonchev–Trinajstić information content (AvgIpc) is 3.14. The Morgan fingerprint density at radius 1 is 1.11 bits per heavy atom. The molecule has 3 N–H and O–H groups in total. The number of amides is 2. The summed E-state index contributed by atoms with van der Waals surface area (Å²) in [5.74, 6) is -0.727. The van der Waals surface area contributed by atoms with E-state index in [0.29, 0.717) is 16.5 Å². The van der Waals surface area contributed by atoms with Crippen LogP contribution in [-0.2, 0) is 9.59 Å². The van der Waals surface area contributed by atoms with Crippen molar-refractivity contribution in [2.45, 2.75) is 10.1 Å². The van der Waals surface area contributed by atoms with Crippen LogP contribution in [0.3, 0.4) is 0 Å². The molecule has 0 aliphatic heterocycles. The van der Waals surface area contributed by atoms with Crippen LogP contribution in [0.1, 0.15) is 0 Å². The summed E-state index contributed by atoms with van der Waals surface area (Å²) < 4.78 is 15.2. The molecule has 3 rings (SSSR count). The highest BCUT2D eigenvalue weighted by Gasteiger charge is 2.12. The molecule has 28 heavy (non-hydrogen) atoms. The lowest BCUT2D eigenvalue weighted by Gasteiger charge is -2.11. The molecule has 1 heterocycles. The number of hydrogen-bond acceptors (Lipinski definition) is 5. The number of carbonyl (C=O) groups is 2. The SMILES string of the molecule is NC(=O)CSc1ccccc1NC(=O)CSc1nccn1-c1cccc(F)c1. The summed E-state index contributed by atoms with van der Waals surface area (Å²) in [4.78, 5) is 28.4. The maximum Gasteiger partial charge on any atom is 0.234 e. The molecular weight excluding hydrogens is 399 g/mol. The topological polar surface area (TPSA) is 90.0 Å². The van der Waals surface area contributed by atoms with Crippen LogP contribution < -0.4 is 11.1 Å². The van der Waals surface area contributed by atoms with Gasteiger partial charge in [-0.15, -0.1) is 11.8 Å². The van der Waals surface area contributed by atoms with Crippen LogP contribution in [0.15, 0.2) is 71.0 Å². The maximum atomic E-state index is 13.5. The molecule has 144 valence electrons. The van der Waals surface area contributed by atoms with Crippen LogP contribution in [0.4, 0.5) is 10.1 Å². The lowest BCUT2D eigenvalue weighted by Crippen LogP contribution is -2.16. The van der Waals surface area contributed by atoms with Gasteiger partial charge in [0.05, 0.1) is 22.9 Å². The number of aromatic nitrogens is 2. The lowest BCUT2D eigenvalue weighted by molar-refractivity contribution is -0.115. The molecule has 0 unspecified atom stereocenters. The van der Waals surface area contributed by atoms with E-state index in [0.717, 1.165) is 4.90 Å². The number of rotatable bonds is 8. The van der Waals surface area contributed by atoms with Crippen molar-refractivity contribution in [2.75, 3.05) is 16.8 Å². The summed E-state index contributed by atoms with van der Waals surface area (Å²) in [5, 5.41) is 3.42.